The van der Waals surface area contributed by atoms with Crippen LogP contribution in [0.2, 0.25) is 0 Å². The zero-order chi connectivity index (χ0) is 16.7. The molecule has 1 saturated heterocycles. The third-order valence-electron chi connectivity index (χ3n) is 4.37. The number of hydrogen-bond acceptors (Lipinski definition) is 3. The average molecular weight is 340 g/mol. The molecule has 7 heteroatoms. The van der Waals surface area contributed by atoms with Crippen LogP contribution in [-0.4, -0.2) is 53.4 Å². The van der Waals surface area contributed by atoms with Gasteiger partial charge in [-0.25, -0.2) is 8.78 Å². The number of nitrogens with zero attached hydrogens (tertiary/aromatic N) is 2. The molecule has 23 heavy (non-hydrogen) atoms. The lowest BCUT2D eigenvalue weighted by molar-refractivity contribution is -0.142. The summed E-state index contributed by atoms with van der Waals surface area (Å²) in [5, 5.41) is 0. The lowest BCUT2D eigenvalue weighted by atomic mass is 10.1. The molecule has 0 unspecified atom stereocenters. The van der Waals surface area contributed by atoms with E-state index in [2.05, 4.69) is 0 Å². The number of hydrogen-bond donors (Lipinski definition) is 0. The van der Waals surface area contributed by atoms with Crippen molar-refractivity contribution in [1.82, 2.24) is 9.80 Å². The number of carbonyl (C=O) groups excluding carboxylic acids is 2. The zero-order valence-electron chi connectivity index (χ0n) is 13.0. The monoisotopic (exact) mass is 340 g/mol. The van der Waals surface area contributed by atoms with Gasteiger partial charge in [-0.15, -0.1) is 11.8 Å². The van der Waals surface area contributed by atoms with E-state index in [1.165, 1.54) is 34.9 Å². The van der Waals surface area contributed by atoms with E-state index in [1.54, 1.807) is 19.0 Å². The molecular weight excluding hydrogens is 322 g/mol. The summed E-state index contributed by atoms with van der Waals surface area (Å²) < 4.78 is 27.7. The molecule has 1 aromatic rings. The van der Waals surface area contributed by atoms with Crippen molar-refractivity contribution in [3.63, 3.8) is 0 Å². The van der Waals surface area contributed by atoms with E-state index < -0.39 is 29.5 Å². The van der Waals surface area contributed by atoms with Crippen LogP contribution in [0.25, 0.3) is 0 Å². The van der Waals surface area contributed by atoms with Crippen LogP contribution in [0.3, 0.4) is 0 Å². The van der Waals surface area contributed by atoms with E-state index in [4.69, 9.17) is 0 Å². The first kappa shape index (κ1) is 16.2. The molecule has 0 N–H and O–H groups in total. The van der Waals surface area contributed by atoms with Crippen LogP contribution >= 0.6 is 11.8 Å². The molecule has 3 rings (SSSR count). The van der Waals surface area contributed by atoms with E-state index in [9.17, 15) is 18.4 Å². The summed E-state index contributed by atoms with van der Waals surface area (Å²) in [6.07, 6.45) is 0.431. The van der Waals surface area contributed by atoms with Crippen LogP contribution in [0.4, 0.5) is 8.78 Å². The van der Waals surface area contributed by atoms with Crippen molar-refractivity contribution in [2.24, 2.45) is 5.92 Å². The Kier molecular flexibility index (Phi) is 4.31. The van der Waals surface area contributed by atoms with Gasteiger partial charge < -0.3 is 9.80 Å². The predicted octanol–water partition coefficient (Wildman–Crippen LogP) is 2.06. The topological polar surface area (TPSA) is 40.6 Å². The highest BCUT2D eigenvalue weighted by Gasteiger charge is 2.50. The summed E-state index contributed by atoms with van der Waals surface area (Å²) in [6.45, 7) is 0. The Hall–Kier alpha value is -1.63. The van der Waals surface area contributed by atoms with Gasteiger partial charge in [-0.3, -0.25) is 9.59 Å². The van der Waals surface area contributed by atoms with Gasteiger partial charge in [0.1, 0.15) is 17.7 Å². The number of amides is 2. The van der Waals surface area contributed by atoms with Crippen LogP contribution in [0.5, 0.6) is 0 Å². The average Bonchev–Trinajstić information content (AvgIpc) is 3.12. The van der Waals surface area contributed by atoms with Gasteiger partial charge >= 0.3 is 0 Å². The van der Waals surface area contributed by atoms with Crippen LogP contribution < -0.4 is 0 Å². The number of rotatable bonds is 3. The molecule has 2 aliphatic rings. The van der Waals surface area contributed by atoms with Gasteiger partial charge in [0, 0.05) is 37.2 Å². The molecule has 1 aliphatic heterocycles. The van der Waals surface area contributed by atoms with Gasteiger partial charge in [-0.05, 0) is 18.6 Å². The molecule has 1 saturated carbocycles. The lowest BCUT2D eigenvalue weighted by Gasteiger charge is -2.25. The van der Waals surface area contributed by atoms with Crippen LogP contribution in [-0.2, 0) is 9.59 Å². The number of thioether (sulfide) groups is 1. The molecule has 1 aromatic carbocycles. The molecule has 0 spiro atoms. The first-order chi connectivity index (χ1) is 10.9. The number of halogens is 2. The van der Waals surface area contributed by atoms with E-state index in [0.29, 0.717) is 18.1 Å². The second kappa shape index (κ2) is 6.11. The molecule has 1 aliphatic carbocycles. The van der Waals surface area contributed by atoms with Crippen LogP contribution in [0.1, 0.15) is 17.9 Å². The molecule has 4 nitrogen and oxygen atoms in total. The summed E-state index contributed by atoms with van der Waals surface area (Å²) >= 11 is 1.52. The minimum absolute atomic E-state index is 0.00631. The summed E-state index contributed by atoms with van der Waals surface area (Å²) in [7, 11) is 3.31. The van der Waals surface area contributed by atoms with E-state index in [1.807, 2.05) is 0 Å². The molecule has 0 radical (unpaired) electrons. The Labute approximate surface area is 137 Å². The maximum Gasteiger partial charge on any atom is 0.245 e. The Morgan fingerprint density at radius 2 is 1.91 bits per heavy atom. The van der Waals surface area contributed by atoms with Crippen LogP contribution in [0.15, 0.2) is 18.2 Å². The van der Waals surface area contributed by atoms with E-state index >= 15 is 0 Å². The smallest absolute Gasteiger partial charge is 0.245 e. The highest BCUT2D eigenvalue weighted by molar-refractivity contribution is 7.99. The van der Waals surface area contributed by atoms with Crippen molar-refractivity contribution in [1.29, 1.82) is 0 Å². The quantitative estimate of drug-likeness (QED) is 0.846. The normalized spacial score (nSPS) is 26.3. The van der Waals surface area contributed by atoms with E-state index in [0.717, 1.165) is 0 Å². The van der Waals surface area contributed by atoms with Gasteiger partial charge in [0.25, 0.3) is 0 Å². The van der Waals surface area contributed by atoms with Crippen molar-refractivity contribution >= 4 is 23.6 Å². The fraction of sp³-hybridized carbons (Fsp3) is 0.500. The van der Waals surface area contributed by atoms with Crippen molar-refractivity contribution in [3.05, 3.63) is 35.4 Å². The maximum absolute atomic E-state index is 13.8. The van der Waals surface area contributed by atoms with Gasteiger partial charge in [-0.2, -0.15) is 0 Å². The third kappa shape index (κ3) is 2.94. The highest BCUT2D eigenvalue weighted by atomic mass is 32.2. The van der Waals surface area contributed by atoms with Crippen molar-refractivity contribution in [2.45, 2.75) is 18.4 Å². The van der Waals surface area contributed by atoms with Gasteiger partial charge in [0.15, 0.2) is 0 Å². The lowest BCUT2D eigenvalue weighted by Crippen LogP contribution is -2.47. The van der Waals surface area contributed by atoms with Gasteiger partial charge in [0.05, 0.1) is 5.88 Å². The molecule has 0 bridgehead atoms. The summed E-state index contributed by atoms with van der Waals surface area (Å²) in [5.41, 5.74) is -0.00631. The van der Waals surface area contributed by atoms with E-state index in [-0.39, 0.29) is 17.4 Å². The second-order valence-electron chi connectivity index (χ2n) is 6.14. The Balaban J connectivity index is 1.74. The zero-order valence-corrected chi connectivity index (χ0v) is 13.8. The minimum Gasteiger partial charge on any atom is -0.347 e. The molecular formula is C16H18F2N2O2S. The number of benzene rings is 1. The SMILES string of the molecule is CN(C)C(=O)[C@@H]1CSCN1C(=O)[C@H]1C[C@@H]1c1c(F)cccc1F. The molecule has 2 fully saturated rings. The van der Waals surface area contributed by atoms with Crippen molar-refractivity contribution in [3.8, 4) is 0 Å². The first-order valence-corrected chi connectivity index (χ1v) is 8.60. The summed E-state index contributed by atoms with van der Waals surface area (Å²) in [4.78, 5) is 27.8. The summed E-state index contributed by atoms with van der Waals surface area (Å²) in [6, 6.07) is 3.26. The van der Waals surface area contributed by atoms with Crippen molar-refractivity contribution < 1.29 is 18.4 Å². The van der Waals surface area contributed by atoms with Gasteiger partial charge in [-0.1, -0.05) is 6.07 Å². The Morgan fingerprint density at radius 3 is 2.52 bits per heavy atom. The third-order valence-corrected chi connectivity index (χ3v) is 5.38. The fourth-order valence-corrected chi connectivity index (χ4v) is 4.18. The maximum atomic E-state index is 13.8. The standard InChI is InChI=1S/C16H18F2N2O2S/c1-19(2)16(22)13-7-23-8-20(13)15(21)10-6-9(10)14-11(17)4-3-5-12(14)18/h3-5,9-10,13H,6-8H2,1-2H3/t9-,10-,13-/m0/s1. The minimum atomic E-state index is -0.609. The Morgan fingerprint density at radius 1 is 1.26 bits per heavy atom. The van der Waals surface area contributed by atoms with Crippen LogP contribution in [0, 0.1) is 17.6 Å². The largest absolute Gasteiger partial charge is 0.347 e. The number of likely N-dealkylation sites (N-methyl/N-ethyl adjacent to an activating group) is 1. The summed E-state index contributed by atoms with van der Waals surface area (Å²) in [5.74, 6) is -1.35. The fourth-order valence-electron chi connectivity index (χ4n) is 3.03. The predicted molar refractivity (Wildman–Crippen MR) is 83.9 cm³/mol. The molecule has 0 aromatic heterocycles. The highest BCUT2D eigenvalue weighted by Crippen LogP contribution is 2.50. The molecule has 3 atom stereocenters. The molecule has 2 amide bonds. The Bertz CT molecular complexity index is 633. The first-order valence-electron chi connectivity index (χ1n) is 7.45. The molecule has 124 valence electrons. The molecule has 1 heterocycles. The number of carbonyl (C=O) groups is 2. The van der Waals surface area contributed by atoms with Gasteiger partial charge in [0.2, 0.25) is 11.8 Å². The second-order valence-corrected chi connectivity index (χ2v) is 7.14. The van der Waals surface area contributed by atoms with Crippen molar-refractivity contribution in [2.75, 3.05) is 25.7 Å².